The first kappa shape index (κ1) is 25.6. The number of nitrogens with zero attached hydrogens (tertiary/aromatic N) is 7. The van der Waals surface area contributed by atoms with Gasteiger partial charge >= 0.3 is 0 Å². The number of ether oxygens (including phenoxy) is 1. The van der Waals surface area contributed by atoms with Crippen molar-refractivity contribution in [2.45, 2.75) is 32.7 Å². The van der Waals surface area contributed by atoms with Crippen molar-refractivity contribution in [1.29, 1.82) is 0 Å². The molecule has 11 heteroatoms. The number of carbonyl (C=O) groups excluding carboxylic acids is 2. The Bertz CT molecular complexity index is 1910. The van der Waals surface area contributed by atoms with Crippen molar-refractivity contribution in [3.8, 4) is 22.8 Å². The second-order valence-electron chi connectivity index (χ2n) is 10.3. The number of fused-ring (bicyclic) bond motifs is 2. The van der Waals surface area contributed by atoms with Gasteiger partial charge in [0.25, 0.3) is 11.7 Å². The van der Waals surface area contributed by atoms with Crippen LogP contribution in [0.15, 0.2) is 67.3 Å². The van der Waals surface area contributed by atoms with Gasteiger partial charge in [-0.3, -0.25) is 9.59 Å². The molecule has 0 saturated heterocycles. The first-order valence-corrected chi connectivity index (χ1v) is 13.8. The smallest absolute Gasteiger partial charge is 0.295 e. The molecule has 0 unspecified atom stereocenters. The minimum atomic E-state index is -0.622. The van der Waals surface area contributed by atoms with E-state index >= 15 is 0 Å². The molecule has 0 atom stereocenters. The first-order valence-electron chi connectivity index (χ1n) is 13.8. The number of aryl methyl sites for hydroxylation is 1. The van der Waals surface area contributed by atoms with Gasteiger partial charge in [0.15, 0.2) is 5.82 Å². The van der Waals surface area contributed by atoms with E-state index in [2.05, 4.69) is 38.3 Å². The zero-order chi connectivity index (χ0) is 28.8. The lowest BCUT2D eigenvalue weighted by Gasteiger charge is -2.27. The van der Waals surface area contributed by atoms with Gasteiger partial charge in [0.1, 0.15) is 17.9 Å². The van der Waals surface area contributed by atoms with Crippen molar-refractivity contribution in [2.75, 3.05) is 13.7 Å². The maximum Gasteiger partial charge on any atom is 0.295 e. The molecule has 11 nitrogen and oxygen atoms in total. The number of ketones is 1. The number of rotatable bonds is 6. The highest BCUT2D eigenvalue weighted by atomic mass is 16.5. The molecule has 1 N–H and O–H groups in total. The molecule has 1 amide bonds. The van der Waals surface area contributed by atoms with Crippen LogP contribution in [0.5, 0.6) is 5.75 Å². The van der Waals surface area contributed by atoms with E-state index in [1.54, 1.807) is 18.2 Å². The van der Waals surface area contributed by atoms with Gasteiger partial charge in [-0.2, -0.15) is 10.2 Å². The van der Waals surface area contributed by atoms with Crippen molar-refractivity contribution in [2.24, 2.45) is 0 Å². The van der Waals surface area contributed by atoms with Gasteiger partial charge in [0.05, 0.1) is 47.7 Å². The first-order chi connectivity index (χ1) is 20.5. The number of aromatic nitrogens is 7. The van der Waals surface area contributed by atoms with Crippen LogP contribution in [0.3, 0.4) is 0 Å². The van der Waals surface area contributed by atoms with Gasteiger partial charge in [-0.1, -0.05) is 42.5 Å². The molecule has 1 aromatic carbocycles. The third-order valence-electron chi connectivity index (χ3n) is 7.79. The maximum atomic E-state index is 13.8. The van der Waals surface area contributed by atoms with E-state index in [-0.39, 0.29) is 12.1 Å². The third-order valence-corrected chi connectivity index (χ3v) is 7.79. The van der Waals surface area contributed by atoms with Crippen LogP contribution < -0.4 is 4.74 Å². The zero-order valence-electron chi connectivity index (χ0n) is 23.2. The summed E-state index contributed by atoms with van der Waals surface area (Å²) in [4.78, 5) is 41.0. The van der Waals surface area contributed by atoms with Crippen LogP contribution in [0, 0.1) is 6.92 Å². The van der Waals surface area contributed by atoms with Crippen LogP contribution in [0.25, 0.3) is 33.7 Å². The lowest BCUT2D eigenvalue weighted by atomic mass is 9.99. The Kier molecular flexibility index (Phi) is 6.26. The molecular weight excluding hydrogens is 532 g/mol. The standard InChI is InChI=1S/C31H28N8O3/c1-19-34-18-38(35-19)30-28-26(25(42-2)16-33-30)22(15-32-28)29(40)31(41)37-14-13-24-23(17-37)27(20-9-5-3-6-10-20)36-39(24)21-11-7-4-8-12-21/h3-7,9-11,15-16,18,32H,8,12-14,17H2,1-2H3. The number of amides is 1. The number of H-pyrrole nitrogens is 1. The quantitative estimate of drug-likeness (QED) is 0.243. The fourth-order valence-electron chi connectivity index (χ4n) is 5.74. The van der Waals surface area contributed by atoms with E-state index in [0.29, 0.717) is 41.3 Å². The predicted octanol–water partition coefficient (Wildman–Crippen LogP) is 4.28. The summed E-state index contributed by atoms with van der Waals surface area (Å²) in [7, 11) is 1.51. The largest absolute Gasteiger partial charge is 0.494 e. The molecule has 210 valence electrons. The molecule has 0 radical (unpaired) electrons. The van der Waals surface area contributed by atoms with Gasteiger partial charge in [-0.05, 0) is 25.8 Å². The molecule has 0 fully saturated rings. The molecule has 4 aromatic heterocycles. The zero-order valence-corrected chi connectivity index (χ0v) is 23.2. The lowest BCUT2D eigenvalue weighted by Crippen LogP contribution is -2.40. The van der Waals surface area contributed by atoms with E-state index in [4.69, 9.17) is 9.84 Å². The molecule has 7 rings (SSSR count). The normalized spacial score (nSPS) is 14.6. The highest BCUT2D eigenvalue weighted by Crippen LogP contribution is 2.35. The Morgan fingerprint density at radius 1 is 1.07 bits per heavy atom. The molecule has 0 saturated carbocycles. The van der Waals surface area contributed by atoms with Crippen molar-refractivity contribution in [3.05, 3.63) is 89.9 Å². The fourth-order valence-corrected chi connectivity index (χ4v) is 5.74. The van der Waals surface area contributed by atoms with E-state index in [0.717, 1.165) is 41.1 Å². The molecule has 1 aliphatic heterocycles. The molecule has 0 bridgehead atoms. The summed E-state index contributed by atoms with van der Waals surface area (Å²) >= 11 is 0. The highest BCUT2D eigenvalue weighted by Gasteiger charge is 2.33. The Morgan fingerprint density at radius 3 is 2.67 bits per heavy atom. The van der Waals surface area contributed by atoms with Gasteiger partial charge < -0.3 is 14.6 Å². The Hall–Kier alpha value is -5.32. The van der Waals surface area contributed by atoms with E-state index in [9.17, 15) is 9.59 Å². The summed E-state index contributed by atoms with van der Waals surface area (Å²) in [5.41, 5.74) is 5.73. The summed E-state index contributed by atoms with van der Waals surface area (Å²) in [5, 5.41) is 9.85. The minimum absolute atomic E-state index is 0.219. The SMILES string of the molecule is COc1cnc(-n2cnc(C)n2)c2[nH]cc(C(=O)C(=O)N3CCc4c(c(-c5ccccc5)nn4C4=CC=CCC4)C3)c12. The van der Waals surface area contributed by atoms with Crippen LogP contribution in [-0.4, -0.2) is 64.8 Å². The van der Waals surface area contributed by atoms with Gasteiger partial charge in [0, 0.05) is 36.0 Å². The number of methoxy groups -OCH3 is 1. The summed E-state index contributed by atoms with van der Waals surface area (Å²) in [6, 6.07) is 9.97. The number of nitrogens with one attached hydrogen (secondary N) is 1. The third kappa shape index (κ3) is 4.21. The van der Waals surface area contributed by atoms with Crippen molar-refractivity contribution in [3.63, 3.8) is 0 Å². The second-order valence-corrected chi connectivity index (χ2v) is 10.3. The number of hydrogen-bond donors (Lipinski definition) is 1. The van der Waals surface area contributed by atoms with Crippen LogP contribution in [0.1, 0.15) is 40.3 Å². The molecular formula is C31H28N8O3. The van der Waals surface area contributed by atoms with Gasteiger partial charge in [-0.25, -0.2) is 19.3 Å². The van der Waals surface area contributed by atoms with Crippen LogP contribution >= 0.6 is 0 Å². The average Bonchev–Trinajstić information content (AvgIpc) is 3.77. The van der Waals surface area contributed by atoms with Crippen LogP contribution in [-0.2, 0) is 17.8 Å². The summed E-state index contributed by atoms with van der Waals surface area (Å²) < 4.78 is 9.10. The van der Waals surface area contributed by atoms with E-state index in [1.165, 1.54) is 24.2 Å². The molecule has 0 spiro atoms. The number of allylic oxidation sites excluding steroid dienone is 4. The second kappa shape index (κ2) is 10.3. The fraction of sp³-hybridized carbons (Fsp3) is 0.226. The number of Topliss-reactive ketones (excluding diaryl/α,β-unsaturated/α-hetero) is 1. The Labute approximate surface area is 241 Å². The average molecular weight is 561 g/mol. The monoisotopic (exact) mass is 560 g/mol. The van der Waals surface area contributed by atoms with Crippen molar-refractivity contribution in [1.82, 2.24) is 39.4 Å². The van der Waals surface area contributed by atoms with E-state index < -0.39 is 11.7 Å². The Balaban J connectivity index is 1.25. The van der Waals surface area contributed by atoms with Crippen LogP contribution in [0.2, 0.25) is 0 Å². The summed E-state index contributed by atoms with van der Waals surface area (Å²) in [6.45, 7) is 2.47. The van der Waals surface area contributed by atoms with E-state index in [1.807, 2.05) is 35.0 Å². The predicted molar refractivity (Wildman–Crippen MR) is 156 cm³/mol. The summed E-state index contributed by atoms with van der Waals surface area (Å²) in [6.07, 6.45) is 13.4. The van der Waals surface area contributed by atoms with Crippen molar-refractivity contribution < 1.29 is 14.3 Å². The molecule has 1 aliphatic carbocycles. The highest BCUT2D eigenvalue weighted by molar-refractivity contribution is 6.45. The summed E-state index contributed by atoms with van der Waals surface area (Å²) in [5.74, 6) is 0.213. The van der Waals surface area contributed by atoms with Gasteiger partial charge in [0.2, 0.25) is 0 Å². The van der Waals surface area contributed by atoms with Crippen molar-refractivity contribution >= 4 is 28.3 Å². The lowest BCUT2D eigenvalue weighted by molar-refractivity contribution is -0.127. The minimum Gasteiger partial charge on any atom is -0.494 e. The Morgan fingerprint density at radius 2 is 1.93 bits per heavy atom. The van der Waals surface area contributed by atoms with Crippen LogP contribution in [0.4, 0.5) is 0 Å². The molecule has 42 heavy (non-hydrogen) atoms. The number of carbonyl (C=O) groups is 2. The topological polar surface area (TPSA) is 124 Å². The molecule has 2 aliphatic rings. The molecule has 5 aromatic rings. The number of benzene rings is 1. The number of hydrogen-bond acceptors (Lipinski definition) is 7. The molecule has 5 heterocycles. The number of aromatic amines is 1. The number of pyridine rings is 1. The van der Waals surface area contributed by atoms with Gasteiger partial charge in [-0.15, -0.1) is 0 Å². The maximum absolute atomic E-state index is 13.8.